The summed E-state index contributed by atoms with van der Waals surface area (Å²) in [4.78, 5) is 12.9. The van der Waals surface area contributed by atoms with Crippen molar-refractivity contribution >= 4 is 31.5 Å². The van der Waals surface area contributed by atoms with E-state index in [1.165, 1.54) is 10.9 Å². The number of benzene rings is 2. The Hall–Kier alpha value is -1.91. The van der Waals surface area contributed by atoms with Crippen molar-refractivity contribution in [2.75, 3.05) is 0 Å². The van der Waals surface area contributed by atoms with Gasteiger partial charge in [-0.1, -0.05) is 0 Å². The summed E-state index contributed by atoms with van der Waals surface area (Å²) in [7, 11) is 0. The molecule has 2 aromatic rings. The Kier molecular flexibility index (Phi) is 8.65. The van der Waals surface area contributed by atoms with Crippen LogP contribution in [-0.2, 0) is 14.3 Å². The molecule has 1 aliphatic carbocycles. The Morgan fingerprint density at radius 2 is 1.74 bits per heavy atom. The van der Waals surface area contributed by atoms with Crippen LogP contribution in [0.3, 0.4) is 0 Å². The third-order valence-electron chi connectivity index (χ3n) is 7.07. The summed E-state index contributed by atoms with van der Waals surface area (Å²) in [6.07, 6.45) is 5.47. The van der Waals surface area contributed by atoms with Gasteiger partial charge in [-0.2, -0.15) is 0 Å². The normalized spacial score (nSPS) is 30.6. The number of carbonyl (C=O) groups is 1. The molecule has 0 amide bonds. The van der Waals surface area contributed by atoms with Gasteiger partial charge in [0.1, 0.15) is 0 Å². The van der Waals surface area contributed by atoms with E-state index in [1.54, 1.807) is 6.08 Å². The molecule has 2 aliphatic rings. The molecular weight excluding hydrogens is 491 g/mol. The number of hydrogen-bond donors (Lipinski definition) is 1. The molecule has 34 heavy (non-hydrogen) atoms. The minimum atomic E-state index is -0.928. The minimum absolute atomic E-state index is 0.0753. The third kappa shape index (κ3) is 6.20. The van der Waals surface area contributed by atoms with E-state index in [2.05, 4.69) is 32.9 Å². The molecular formula is C29H36O4Se. The van der Waals surface area contributed by atoms with E-state index in [4.69, 9.17) is 9.47 Å². The molecule has 2 fully saturated rings. The number of hydrogen-bond acceptors (Lipinski definition) is 4. The third-order valence-corrected chi connectivity index (χ3v) is 9.86. The Morgan fingerprint density at radius 3 is 2.41 bits per heavy atom. The molecule has 4 rings (SSSR count). The van der Waals surface area contributed by atoms with Crippen molar-refractivity contribution in [3.8, 4) is 0 Å². The van der Waals surface area contributed by atoms with Crippen LogP contribution in [0.5, 0.6) is 0 Å². The summed E-state index contributed by atoms with van der Waals surface area (Å²) in [5.74, 6) is 0.585. The number of aliphatic hydroxyl groups excluding tert-OH is 1. The number of ether oxygens (including phenoxy) is 2. The van der Waals surface area contributed by atoms with Gasteiger partial charge in [0, 0.05) is 0 Å². The van der Waals surface area contributed by atoms with Crippen LogP contribution in [-0.4, -0.2) is 44.5 Å². The maximum absolute atomic E-state index is 13.1. The van der Waals surface area contributed by atoms with Gasteiger partial charge in [-0.25, -0.2) is 0 Å². The van der Waals surface area contributed by atoms with Crippen LogP contribution in [0.2, 0.25) is 4.82 Å². The van der Waals surface area contributed by atoms with Crippen molar-refractivity contribution in [2.45, 2.75) is 63.3 Å². The van der Waals surface area contributed by atoms with Crippen LogP contribution in [0.4, 0.5) is 0 Å². The fourth-order valence-electron chi connectivity index (χ4n) is 5.12. The van der Waals surface area contributed by atoms with E-state index in [-0.39, 0.29) is 31.8 Å². The zero-order valence-electron chi connectivity index (χ0n) is 20.2. The SMILES string of the molecule is CC(C)[C@@H]1CC[C@@H](C)C[C@H]1O[C@@H]1OC(=O)[C@H]([C@@H](O)/C=C/c2ccccc2)[C@H]1[Se]c1ccccc1. The Labute approximate surface area is 209 Å². The summed E-state index contributed by atoms with van der Waals surface area (Å²) in [5.41, 5.74) is 0.988. The van der Waals surface area contributed by atoms with Gasteiger partial charge in [0.05, 0.1) is 0 Å². The molecule has 0 aromatic heterocycles. The molecule has 1 aliphatic heterocycles. The van der Waals surface area contributed by atoms with E-state index < -0.39 is 18.3 Å². The number of rotatable bonds is 8. The summed E-state index contributed by atoms with van der Waals surface area (Å²) in [5, 5.41) is 11.1. The molecule has 1 N–H and O–H groups in total. The Bertz CT molecular complexity index is 945. The molecule has 0 unspecified atom stereocenters. The first kappa shape index (κ1) is 25.2. The van der Waals surface area contributed by atoms with Crippen LogP contribution >= 0.6 is 0 Å². The van der Waals surface area contributed by atoms with E-state index in [0.29, 0.717) is 17.8 Å². The molecule has 7 atom stereocenters. The first-order valence-corrected chi connectivity index (χ1v) is 14.3. The number of cyclic esters (lactones) is 1. The number of carbonyl (C=O) groups excluding carboxylic acids is 1. The summed E-state index contributed by atoms with van der Waals surface area (Å²) in [6.45, 7) is 6.79. The molecule has 4 nitrogen and oxygen atoms in total. The van der Waals surface area contributed by atoms with Gasteiger partial charge in [-0.3, -0.25) is 0 Å². The monoisotopic (exact) mass is 528 g/mol. The standard InChI is InChI=1S/C29H36O4Se/c1-19(2)23-16-14-20(3)18-25(23)32-29-27(34-22-12-8-5-9-13-22)26(28(31)33-29)24(30)17-15-21-10-6-4-7-11-21/h4-13,15,17,19-20,23-27,29-30H,14,16,18H2,1-3H3/b17-15+/t20-,23+,24+,25-,26-,27-,29-/m1/s1. The van der Waals surface area contributed by atoms with Gasteiger partial charge in [-0.05, 0) is 0 Å². The fourth-order valence-corrected chi connectivity index (χ4v) is 7.81. The van der Waals surface area contributed by atoms with Gasteiger partial charge in [0.25, 0.3) is 0 Å². The van der Waals surface area contributed by atoms with Crippen molar-refractivity contribution in [3.63, 3.8) is 0 Å². The van der Waals surface area contributed by atoms with E-state index in [1.807, 2.05) is 54.6 Å². The first-order chi connectivity index (χ1) is 16.4. The molecule has 182 valence electrons. The second kappa shape index (κ2) is 11.7. The number of aliphatic hydroxyl groups is 1. The van der Waals surface area contributed by atoms with Gasteiger partial charge in [0.15, 0.2) is 0 Å². The second-order valence-corrected chi connectivity index (χ2v) is 12.6. The van der Waals surface area contributed by atoms with Gasteiger partial charge in [0.2, 0.25) is 0 Å². The van der Waals surface area contributed by atoms with Crippen LogP contribution in [0.15, 0.2) is 66.7 Å². The molecule has 1 saturated carbocycles. The summed E-state index contributed by atoms with van der Waals surface area (Å²) in [6, 6.07) is 20.0. The predicted octanol–water partition coefficient (Wildman–Crippen LogP) is 4.86. The Balaban J connectivity index is 1.56. The molecule has 1 heterocycles. The molecule has 0 radical (unpaired) electrons. The topological polar surface area (TPSA) is 55.8 Å². The molecule has 1 saturated heterocycles. The molecule has 5 heteroatoms. The van der Waals surface area contributed by atoms with Crippen LogP contribution in [0, 0.1) is 23.7 Å². The van der Waals surface area contributed by atoms with E-state index in [9.17, 15) is 9.90 Å². The van der Waals surface area contributed by atoms with Crippen LogP contribution < -0.4 is 4.46 Å². The second-order valence-electron chi connectivity index (χ2n) is 9.99. The van der Waals surface area contributed by atoms with Gasteiger partial charge < -0.3 is 0 Å². The quantitative estimate of drug-likeness (QED) is 0.394. The molecule has 0 bridgehead atoms. The fraction of sp³-hybridized carbons (Fsp3) is 0.483. The van der Waals surface area contributed by atoms with Crippen LogP contribution in [0.1, 0.15) is 45.6 Å². The summed E-state index contributed by atoms with van der Waals surface area (Å²) < 4.78 is 13.7. The van der Waals surface area contributed by atoms with Gasteiger partial charge in [-0.15, -0.1) is 0 Å². The van der Waals surface area contributed by atoms with E-state index >= 15 is 0 Å². The molecule has 0 spiro atoms. The van der Waals surface area contributed by atoms with E-state index in [0.717, 1.165) is 18.4 Å². The molecule has 2 aromatic carbocycles. The Morgan fingerprint density at radius 1 is 1.06 bits per heavy atom. The van der Waals surface area contributed by atoms with Crippen molar-refractivity contribution in [3.05, 3.63) is 72.3 Å². The van der Waals surface area contributed by atoms with Crippen molar-refractivity contribution < 1.29 is 19.4 Å². The van der Waals surface area contributed by atoms with Crippen molar-refractivity contribution in [1.82, 2.24) is 0 Å². The maximum atomic E-state index is 13.1. The average Bonchev–Trinajstić information content (AvgIpc) is 3.13. The zero-order chi connectivity index (χ0) is 24.1. The van der Waals surface area contributed by atoms with Crippen molar-refractivity contribution in [1.29, 1.82) is 0 Å². The van der Waals surface area contributed by atoms with Gasteiger partial charge >= 0.3 is 210 Å². The predicted molar refractivity (Wildman–Crippen MR) is 137 cm³/mol. The van der Waals surface area contributed by atoms with Crippen molar-refractivity contribution in [2.24, 2.45) is 23.7 Å². The number of esters is 1. The first-order valence-electron chi connectivity index (χ1n) is 12.4. The van der Waals surface area contributed by atoms with Crippen LogP contribution in [0.25, 0.3) is 6.08 Å². The average molecular weight is 528 g/mol. The zero-order valence-corrected chi connectivity index (χ0v) is 22.0. The summed E-state index contributed by atoms with van der Waals surface area (Å²) >= 11 is -0.0854.